The van der Waals surface area contributed by atoms with Crippen molar-refractivity contribution in [1.82, 2.24) is 0 Å². The lowest BCUT2D eigenvalue weighted by Gasteiger charge is -2.16. The summed E-state index contributed by atoms with van der Waals surface area (Å²) >= 11 is 0. The molecule has 8 heteroatoms. The van der Waals surface area contributed by atoms with E-state index in [1.807, 2.05) is 6.92 Å². The van der Waals surface area contributed by atoms with Crippen molar-refractivity contribution in [3.05, 3.63) is 23.8 Å². The van der Waals surface area contributed by atoms with Gasteiger partial charge in [-0.3, -0.25) is 0 Å². The summed E-state index contributed by atoms with van der Waals surface area (Å²) in [5.74, 6) is -1.24. The van der Waals surface area contributed by atoms with Gasteiger partial charge in [0.1, 0.15) is 0 Å². The van der Waals surface area contributed by atoms with Crippen molar-refractivity contribution in [3.8, 4) is 0 Å². The first-order chi connectivity index (χ1) is 8.75. The molecule has 1 aromatic rings. The number of aromatic carboxylic acids is 1. The Morgan fingerprint density at radius 1 is 1.53 bits per heavy atom. The number of benzene rings is 1. The van der Waals surface area contributed by atoms with Gasteiger partial charge in [-0.1, -0.05) is 0 Å². The number of carboxylic acids is 1. The van der Waals surface area contributed by atoms with E-state index >= 15 is 0 Å². The van der Waals surface area contributed by atoms with Crippen LogP contribution in [-0.4, -0.2) is 39.3 Å². The lowest BCUT2D eigenvalue weighted by Crippen LogP contribution is -2.22. The lowest BCUT2D eigenvalue weighted by molar-refractivity contribution is 0.0697. The number of anilines is 1. The van der Waals surface area contributed by atoms with Gasteiger partial charge < -0.3 is 15.2 Å². The van der Waals surface area contributed by atoms with E-state index in [-0.39, 0.29) is 16.5 Å². The Kier molecular flexibility index (Phi) is 4.87. The summed E-state index contributed by atoms with van der Waals surface area (Å²) in [6, 6.07) is 3.53. The summed E-state index contributed by atoms with van der Waals surface area (Å²) in [5, 5.41) is 17.0. The predicted molar refractivity (Wildman–Crippen MR) is 69.7 cm³/mol. The van der Waals surface area contributed by atoms with Crippen LogP contribution in [0.3, 0.4) is 0 Å². The second-order valence-corrected chi connectivity index (χ2v) is 5.62. The van der Waals surface area contributed by atoms with Crippen LogP contribution in [0.4, 0.5) is 5.69 Å². The smallest absolute Gasteiger partial charge is 0.337 e. The number of hydrogen-bond donors (Lipinski definition) is 3. The number of hydrogen-bond acceptors (Lipinski definition) is 5. The minimum atomic E-state index is -3.93. The van der Waals surface area contributed by atoms with Gasteiger partial charge in [-0.05, 0) is 25.1 Å². The molecule has 0 aromatic heterocycles. The van der Waals surface area contributed by atoms with E-state index in [2.05, 4.69) is 5.32 Å². The predicted octanol–water partition coefficient (Wildman–Crippen LogP) is 0.479. The molecule has 106 valence electrons. The van der Waals surface area contributed by atoms with Crippen LogP contribution in [0.25, 0.3) is 0 Å². The molecule has 1 aromatic carbocycles. The number of primary sulfonamides is 1. The van der Waals surface area contributed by atoms with Crippen LogP contribution in [0.5, 0.6) is 0 Å². The zero-order valence-corrected chi connectivity index (χ0v) is 11.4. The van der Waals surface area contributed by atoms with E-state index in [0.717, 1.165) is 6.07 Å². The molecule has 0 radical (unpaired) electrons. The molecular formula is C11H16N2O5S. The van der Waals surface area contributed by atoms with Gasteiger partial charge in [0.2, 0.25) is 10.0 Å². The topological polar surface area (TPSA) is 119 Å². The summed E-state index contributed by atoms with van der Waals surface area (Å²) in [4.78, 5) is 10.9. The molecule has 0 heterocycles. The highest BCUT2D eigenvalue weighted by atomic mass is 32.2. The molecule has 0 saturated carbocycles. The summed E-state index contributed by atoms with van der Waals surface area (Å²) in [6.45, 7) is 2.19. The molecule has 1 rings (SSSR count). The second-order valence-electron chi connectivity index (χ2n) is 4.06. The average Bonchev–Trinajstić information content (AvgIpc) is 2.27. The van der Waals surface area contributed by atoms with Gasteiger partial charge in [0.25, 0.3) is 0 Å². The quantitative estimate of drug-likeness (QED) is 0.700. The molecular weight excluding hydrogens is 272 g/mol. The Morgan fingerprint density at radius 3 is 2.63 bits per heavy atom. The molecule has 19 heavy (non-hydrogen) atoms. The average molecular weight is 288 g/mol. The van der Waals surface area contributed by atoms with Gasteiger partial charge in [0.15, 0.2) is 0 Å². The number of ether oxygens (including phenoxy) is 1. The largest absolute Gasteiger partial charge is 0.478 e. The van der Waals surface area contributed by atoms with Crippen molar-refractivity contribution in [3.63, 3.8) is 0 Å². The monoisotopic (exact) mass is 288 g/mol. The van der Waals surface area contributed by atoms with Crippen molar-refractivity contribution in [2.75, 3.05) is 19.0 Å². The zero-order chi connectivity index (χ0) is 14.6. The first kappa shape index (κ1) is 15.4. The van der Waals surface area contributed by atoms with Crippen molar-refractivity contribution in [2.24, 2.45) is 5.14 Å². The van der Waals surface area contributed by atoms with E-state index in [0.29, 0.717) is 12.3 Å². The maximum atomic E-state index is 11.2. The normalized spacial score (nSPS) is 13.0. The molecule has 0 aliphatic carbocycles. The minimum absolute atomic E-state index is 0.122. The number of rotatable bonds is 6. The zero-order valence-electron chi connectivity index (χ0n) is 10.6. The SMILES string of the molecule is COCC(C)Nc1ccc(S(N)(=O)=O)cc1C(=O)O. The molecule has 7 nitrogen and oxygen atoms in total. The molecule has 0 aliphatic heterocycles. The van der Waals surface area contributed by atoms with Gasteiger partial charge >= 0.3 is 5.97 Å². The highest BCUT2D eigenvalue weighted by molar-refractivity contribution is 7.89. The molecule has 0 amide bonds. The fourth-order valence-electron chi connectivity index (χ4n) is 1.56. The van der Waals surface area contributed by atoms with Crippen LogP contribution in [-0.2, 0) is 14.8 Å². The molecule has 0 aliphatic rings. The molecule has 4 N–H and O–H groups in total. The Balaban J connectivity index is 3.16. The molecule has 0 bridgehead atoms. The van der Waals surface area contributed by atoms with Crippen molar-refractivity contribution in [2.45, 2.75) is 17.9 Å². The van der Waals surface area contributed by atoms with Crippen LogP contribution in [0.1, 0.15) is 17.3 Å². The number of methoxy groups -OCH3 is 1. The molecule has 0 fully saturated rings. The van der Waals surface area contributed by atoms with Crippen molar-refractivity contribution >= 4 is 21.7 Å². The van der Waals surface area contributed by atoms with E-state index in [4.69, 9.17) is 15.0 Å². The maximum Gasteiger partial charge on any atom is 0.337 e. The Labute approximate surface area is 111 Å². The first-order valence-corrected chi connectivity index (χ1v) is 6.96. The van der Waals surface area contributed by atoms with Gasteiger partial charge in [-0.15, -0.1) is 0 Å². The van der Waals surface area contributed by atoms with E-state index < -0.39 is 16.0 Å². The second kappa shape index (κ2) is 6.00. The Morgan fingerprint density at radius 2 is 2.16 bits per heavy atom. The number of carboxylic acid groups (broad SMARTS) is 1. The fourth-order valence-corrected chi connectivity index (χ4v) is 2.10. The molecule has 1 unspecified atom stereocenters. The number of nitrogens with one attached hydrogen (secondary N) is 1. The number of sulfonamides is 1. The van der Waals surface area contributed by atoms with Crippen molar-refractivity contribution in [1.29, 1.82) is 0 Å². The Bertz CT molecular complexity index is 570. The lowest BCUT2D eigenvalue weighted by atomic mass is 10.1. The highest BCUT2D eigenvalue weighted by Gasteiger charge is 2.17. The third kappa shape index (κ3) is 4.19. The summed E-state index contributed by atoms with van der Waals surface area (Å²) < 4.78 is 27.3. The van der Waals surface area contributed by atoms with Gasteiger partial charge in [0, 0.05) is 18.8 Å². The number of nitrogens with two attached hydrogens (primary N) is 1. The molecule has 0 saturated heterocycles. The summed E-state index contributed by atoms with van der Waals surface area (Å²) in [5.41, 5.74) is 0.152. The fraction of sp³-hybridized carbons (Fsp3) is 0.364. The van der Waals surface area contributed by atoms with Gasteiger partial charge in [0.05, 0.1) is 17.1 Å². The van der Waals surface area contributed by atoms with Crippen LogP contribution in [0, 0.1) is 0 Å². The first-order valence-electron chi connectivity index (χ1n) is 5.41. The minimum Gasteiger partial charge on any atom is -0.478 e. The standard InChI is InChI=1S/C11H16N2O5S/c1-7(6-18-2)13-10-4-3-8(19(12,16)17)5-9(10)11(14)15/h3-5,7,13H,6H2,1-2H3,(H,14,15)(H2,12,16,17). The molecule has 0 spiro atoms. The number of carbonyl (C=O) groups is 1. The highest BCUT2D eigenvalue weighted by Crippen LogP contribution is 2.20. The molecule has 1 atom stereocenters. The van der Waals surface area contributed by atoms with E-state index in [9.17, 15) is 13.2 Å². The van der Waals surface area contributed by atoms with E-state index in [1.165, 1.54) is 19.2 Å². The van der Waals surface area contributed by atoms with Crippen LogP contribution in [0.15, 0.2) is 23.1 Å². The maximum absolute atomic E-state index is 11.2. The van der Waals surface area contributed by atoms with Crippen LogP contribution < -0.4 is 10.5 Å². The summed E-state index contributed by atoms with van der Waals surface area (Å²) in [7, 11) is -2.40. The van der Waals surface area contributed by atoms with Gasteiger partial charge in [-0.25, -0.2) is 18.4 Å². The van der Waals surface area contributed by atoms with Gasteiger partial charge in [-0.2, -0.15) is 0 Å². The summed E-state index contributed by atoms with van der Waals surface area (Å²) in [6.07, 6.45) is 0. The van der Waals surface area contributed by atoms with Crippen LogP contribution in [0.2, 0.25) is 0 Å². The van der Waals surface area contributed by atoms with E-state index in [1.54, 1.807) is 0 Å². The van der Waals surface area contributed by atoms with Crippen LogP contribution >= 0.6 is 0 Å². The van der Waals surface area contributed by atoms with Crippen molar-refractivity contribution < 1.29 is 23.1 Å². The Hall–Kier alpha value is -1.64. The third-order valence-corrected chi connectivity index (χ3v) is 3.28. The third-order valence-electron chi connectivity index (χ3n) is 2.37.